The quantitative estimate of drug-likeness (QED) is 0.318. The molecule has 0 aromatic rings. The van der Waals surface area contributed by atoms with E-state index in [1.807, 2.05) is 20.8 Å². The van der Waals surface area contributed by atoms with Crippen LogP contribution >= 0.6 is 0 Å². The third kappa shape index (κ3) is 4.86. The molecule has 0 radical (unpaired) electrons. The average Bonchev–Trinajstić information content (AvgIpc) is 3.25. The number of rotatable bonds is 4. The molecule has 0 aliphatic heterocycles. The second-order valence-electron chi connectivity index (χ2n) is 18.2. The van der Waals surface area contributed by atoms with E-state index < -0.39 is 17.0 Å². The van der Waals surface area contributed by atoms with Crippen LogP contribution in [-0.4, -0.2) is 28.4 Å². The lowest BCUT2D eigenvalue weighted by Crippen LogP contribution is -2.60. The monoisotopic (exact) mass is 618 g/mol. The first-order valence-electron chi connectivity index (χ1n) is 18.0. The Hall–Kier alpha value is -2.17. The molecule has 0 amide bonds. The summed E-state index contributed by atoms with van der Waals surface area (Å²) in [6, 6.07) is 0. The van der Waals surface area contributed by atoms with Gasteiger partial charge in [-0.1, -0.05) is 53.7 Å². The molecule has 248 valence electrons. The van der Waals surface area contributed by atoms with E-state index >= 15 is 0 Å². The molecule has 6 aliphatic rings. The van der Waals surface area contributed by atoms with E-state index in [-0.39, 0.29) is 52.2 Å². The van der Waals surface area contributed by atoms with Gasteiger partial charge in [-0.05, 0) is 153 Å². The van der Waals surface area contributed by atoms with Gasteiger partial charge >= 0.3 is 11.9 Å². The van der Waals surface area contributed by atoms with Crippen molar-refractivity contribution in [1.82, 2.24) is 0 Å². The van der Waals surface area contributed by atoms with Crippen LogP contribution in [0.25, 0.3) is 0 Å². The standard InChI is InChI=1S/C40H58O5/c1-23(2)32-29(41)22-40(35(43)44)21-17-28-26(33(32)40)14-15-31-38(28,8)20-18-30-37(6,7)27(16-19-39(30,31)9)24-10-12-25(13-11-24)34(42)45-36(3,4)5/h10,16,23,25-26,28,30-31H,11-15,17-22H2,1-9H3,(H,43,44). The van der Waals surface area contributed by atoms with E-state index in [0.29, 0.717) is 24.2 Å². The minimum Gasteiger partial charge on any atom is -0.481 e. The highest BCUT2D eigenvalue weighted by Gasteiger charge is 2.66. The Bertz CT molecular complexity index is 1390. The van der Waals surface area contributed by atoms with E-state index in [0.717, 1.165) is 56.1 Å². The number of carbonyl (C=O) groups excluding carboxylic acids is 2. The van der Waals surface area contributed by atoms with E-state index in [9.17, 15) is 19.5 Å². The zero-order valence-corrected chi connectivity index (χ0v) is 29.5. The molecule has 1 N–H and O–H groups in total. The minimum absolute atomic E-state index is 0.0476. The number of aliphatic carboxylic acids is 1. The zero-order valence-electron chi connectivity index (χ0n) is 29.5. The Balaban J connectivity index is 1.28. The molecule has 3 saturated carbocycles. The first-order chi connectivity index (χ1) is 20.9. The number of fused-ring (bicyclic) bond motifs is 7. The van der Waals surface area contributed by atoms with Gasteiger partial charge in [-0.25, -0.2) is 0 Å². The Morgan fingerprint density at radius 3 is 2.24 bits per heavy atom. The summed E-state index contributed by atoms with van der Waals surface area (Å²) in [5.74, 6) is 1.09. The van der Waals surface area contributed by atoms with Crippen molar-refractivity contribution < 1.29 is 24.2 Å². The first kappa shape index (κ1) is 32.8. The van der Waals surface area contributed by atoms with Gasteiger partial charge in [0.2, 0.25) is 0 Å². The van der Waals surface area contributed by atoms with Gasteiger partial charge < -0.3 is 9.84 Å². The summed E-state index contributed by atoms with van der Waals surface area (Å²) >= 11 is 0. The van der Waals surface area contributed by atoms with E-state index in [2.05, 4.69) is 53.7 Å². The summed E-state index contributed by atoms with van der Waals surface area (Å²) in [7, 11) is 0. The van der Waals surface area contributed by atoms with Crippen LogP contribution in [-0.2, 0) is 19.1 Å². The highest BCUT2D eigenvalue weighted by Crippen LogP contribution is 2.73. The van der Waals surface area contributed by atoms with E-state index in [1.54, 1.807) is 0 Å². The summed E-state index contributed by atoms with van der Waals surface area (Å²) in [5.41, 5.74) is 3.79. The van der Waals surface area contributed by atoms with Gasteiger partial charge in [0.15, 0.2) is 5.78 Å². The predicted molar refractivity (Wildman–Crippen MR) is 177 cm³/mol. The van der Waals surface area contributed by atoms with Gasteiger partial charge in [0.1, 0.15) is 5.60 Å². The predicted octanol–water partition coefficient (Wildman–Crippen LogP) is 9.27. The molecular formula is C40H58O5. The molecule has 3 fully saturated rings. The third-order valence-corrected chi connectivity index (χ3v) is 14.1. The summed E-state index contributed by atoms with van der Waals surface area (Å²) < 4.78 is 5.71. The summed E-state index contributed by atoms with van der Waals surface area (Å²) in [6.45, 7) is 20.0. The van der Waals surface area contributed by atoms with Crippen molar-refractivity contribution in [2.45, 2.75) is 139 Å². The fourth-order valence-electron chi connectivity index (χ4n) is 12.4. The first-order valence-corrected chi connectivity index (χ1v) is 18.0. The maximum absolute atomic E-state index is 13.4. The molecule has 45 heavy (non-hydrogen) atoms. The normalized spacial score (nSPS) is 40.9. The smallest absolute Gasteiger partial charge is 0.314 e. The average molecular weight is 619 g/mol. The SMILES string of the molecule is CC(C)C1=C2C3CCC4C(C)(CCC5C(C)(C)C(C6=CCC(C(=O)OC(C)(C)C)CC6)=CCC54C)C3CCC2(C(=O)O)CC1=O. The third-order valence-electron chi connectivity index (χ3n) is 14.1. The number of hydrogen-bond acceptors (Lipinski definition) is 4. The Morgan fingerprint density at radius 1 is 0.933 bits per heavy atom. The summed E-state index contributed by atoms with van der Waals surface area (Å²) in [4.78, 5) is 39.0. The van der Waals surface area contributed by atoms with Gasteiger partial charge in [-0.3, -0.25) is 14.4 Å². The molecule has 8 atom stereocenters. The molecule has 0 bridgehead atoms. The molecule has 0 heterocycles. The van der Waals surface area contributed by atoms with Crippen LogP contribution in [0.5, 0.6) is 0 Å². The zero-order chi connectivity index (χ0) is 32.9. The summed E-state index contributed by atoms with van der Waals surface area (Å²) in [5, 5.41) is 10.6. The van der Waals surface area contributed by atoms with Crippen LogP contribution in [0.2, 0.25) is 0 Å². The number of allylic oxidation sites excluding steroid dienone is 5. The lowest BCUT2D eigenvalue weighted by atomic mass is 9.37. The lowest BCUT2D eigenvalue weighted by Gasteiger charge is -2.67. The van der Waals surface area contributed by atoms with Crippen LogP contribution in [0.3, 0.4) is 0 Å². The van der Waals surface area contributed by atoms with Gasteiger partial charge in [0.05, 0.1) is 11.3 Å². The fraction of sp³-hybridized carbons (Fsp3) is 0.775. The van der Waals surface area contributed by atoms with Crippen molar-refractivity contribution in [3.63, 3.8) is 0 Å². The van der Waals surface area contributed by atoms with Crippen LogP contribution in [0, 0.1) is 57.2 Å². The maximum Gasteiger partial charge on any atom is 0.314 e. The van der Waals surface area contributed by atoms with Crippen LogP contribution in [0.4, 0.5) is 0 Å². The number of hydrogen-bond donors (Lipinski definition) is 1. The molecule has 5 nitrogen and oxygen atoms in total. The van der Waals surface area contributed by atoms with Gasteiger partial charge in [0.25, 0.3) is 0 Å². The topological polar surface area (TPSA) is 80.7 Å². The largest absolute Gasteiger partial charge is 0.481 e. The number of carbonyl (C=O) groups is 3. The Labute approximate surface area is 271 Å². The maximum atomic E-state index is 13.4. The van der Waals surface area contributed by atoms with Crippen molar-refractivity contribution in [2.24, 2.45) is 57.2 Å². The van der Waals surface area contributed by atoms with Crippen LogP contribution in [0.1, 0.15) is 133 Å². The number of Topliss-reactive ketones (excluding diaryl/α,β-unsaturated/α-hetero) is 1. The molecule has 6 rings (SSSR count). The fourth-order valence-corrected chi connectivity index (χ4v) is 12.4. The second-order valence-corrected chi connectivity index (χ2v) is 18.2. The molecule has 8 unspecified atom stereocenters. The van der Waals surface area contributed by atoms with Gasteiger partial charge in [-0.2, -0.15) is 0 Å². The molecule has 6 aliphatic carbocycles. The van der Waals surface area contributed by atoms with Crippen molar-refractivity contribution >= 4 is 17.7 Å². The number of carboxylic acids is 1. The van der Waals surface area contributed by atoms with E-state index in [1.165, 1.54) is 24.0 Å². The highest BCUT2D eigenvalue weighted by atomic mass is 16.6. The second kappa shape index (κ2) is 10.7. The number of carboxylic acid groups (broad SMARTS) is 1. The number of ether oxygens (including phenoxy) is 1. The van der Waals surface area contributed by atoms with E-state index in [4.69, 9.17) is 4.74 Å². The molecule has 0 saturated heterocycles. The van der Waals surface area contributed by atoms with Gasteiger partial charge in [0, 0.05) is 6.42 Å². The highest BCUT2D eigenvalue weighted by molar-refractivity contribution is 6.05. The van der Waals surface area contributed by atoms with Crippen LogP contribution < -0.4 is 0 Å². The van der Waals surface area contributed by atoms with Crippen molar-refractivity contribution in [3.05, 3.63) is 34.4 Å². The summed E-state index contributed by atoms with van der Waals surface area (Å²) in [6.07, 6.45) is 14.7. The molecule has 0 aromatic carbocycles. The minimum atomic E-state index is -0.969. The van der Waals surface area contributed by atoms with Crippen molar-refractivity contribution in [1.29, 1.82) is 0 Å². The molecule has 0 aromatic heterocycles. The van der Waals surface area contributed by atoms with Crippen molar-refractivity contribution in [2.75, 3.05) is 0 Å². The van der Waals surface area contributed by atoms with Crippen LogP contribution in [0.15, 0.2) is 34.4 Å². The lowest BCUT2D eigenvalue weighted by molar-refractivity contribution is -0.167. The number of esters is 1. The molecule has 0 spiro atoms. The molecule has 5 heteroatoms. The number of ketones is 1. The molecular weight excluding hydrogens is 560 g/mol. The van der Waals surface area contributed by atoms with Crippen molar-refractivity contribution in [3.8, 4) is 0 Å². The Morgan fingerprint density at radius 2 is 1.64 bits per heavy atom. The Kier molecular flexibility index (Phi) is 7.77. The van der Waals surface area contributed by atoms with Gasteiger partial charge in [-0.15, -0.1) is 0 Å².